The highest BCUT2D eigenvalue weighted by atomic mass is 32.1. The summed E-state index contributed by atoms with van der Waals surface area (Å²) in [5.74, 6) is 1.02. The van der Waals surface area contributed by atoms with Gasteiger partial charge in [-0.25, -0.2) is 0 Å². The molecule has 4 nitrogen and oxygen atoms in total. The number of H-pyrrole nitrogens is 1. The van der Waals surface area contributed by atoms with Crippen molar-refractivity contribution in [1.29, 1.82) is 0 Å². The Balaban J connectivity index is 2.06. The zero-order valence-corrected chi connectivity index (χ0v) is 9.85. The first-order valence-corrected chi connectivity index (χ1v) is 5.97. The van der Waals surface area contributed by atoms with E-state index >= 15 is 0 Å². The molecule has 1 aromatic rings. The molecule has 2 rings (SSSR count). The smallest absolute Gasteiger partial charge is 0.195 e. The van der Waals surface area contributed by atoms with E-state index < -0.39 is 0 Å². The lowest BCUT2D eigenvalue weighted by Gasteiger charge is -2.22. The molecule has 1 N–H and O–H groups in total. The lowest BCUT2D eigenvalue weighted by molar-refractivity contribution is 0.0151. The van der Waals surface area contributed by atoms with E-state index in [4.69, 9.17) is 17.0 Å². The molecule has 5 heteroatoms. The van der Waals surface area contributed by atoms with E-state index in [0.717, 1.165) is 31.8 Å². The van der Waals surface area contributed by atoms with Crippen molar-refractivity contribution in [3.8, 4) is 0 Å². The Kier molecular flexibility index (Phi) is 3.53. The molecular formula is C10H17N3OS. The van der Waals surface area contributed by atoms with Gasteiger partial charge < -0.3 is 9.30 Å². The van der Waals surface area contributed by atoms with Gasteiger partial charge in [0.2, 0.25) is 0 Å². The highest BCUT2D eigenvalue weighted by Gasteiger charge is 2.17. The van der Waals surface area contributed by atoms with Crippen molar-refractivity contribution in [3.63, 3.8) is 0 Å². The fourth-order valence-electron chi connectivity index (χ4n) is 2.00. The summed E-state index contributed by atoms with van der Waals surface area (Å²) in [7, 11) is 0. The van der Waals surface area contributed by atoms with E-state index in [1.807, 2.05) is 4.57 Å². The Labute approximate surface area is 94.6 Å². The Bertz CT molecular complexity index is 365. The molecule has 0 bridgehead atoms. The zero-order chi connectivity index (χ0) is 10.7. The average Bonchev–Trinajstić information content (AvgIpc) is 2.61. The molecule has 1 aromatic heterocycles. The number of nitrogens with zero attached hydrogens (tertiary/aromatic N) is 2. The second kappa shape index (κ2) is 4.90. The highest BCUT2D eigenvalue weighted by Crippen LogP contribution is 2.16. The maximum atomic E-state index is 5.69. The van der Waals surface area contributed by atoms with Gasteiger partial charge in [-0.15, -0.1) is 0 Å². The zero-order valence-electron chi connectivity index (χ0n) is 9.03. The third kappa shape index (κ3) is 2.46. The number of hydrogen-bond donors (Lipinski definition) is 1. The predicted molar refractivity (Wildman–Crippen MR) is 60.4 cm³/mol. The fourth-order valence-corrected chi connectivity index (χ4v) is 2.28. The Morgan fingerprint density at radius 3 is 3.13 bits per heavy atom. The number of aromatic nitrogens is 3. The van der Waals surface area contributed by atoms with Crippen LogP contribution in [0, 0.1) is 4.77 Å². The molecule has 0 aromatic carbocycles. The summed E-state index contributed by atoms with van der Waals surface area (Å²) in [4.78, 5) is 0. The van der Waals surface area contributed by atoms with Gasteiger partial charge in [-0.1, -0.05) is 0 Å². The largest absolute Gasteiger partial charge is 0.378 e. The second-order valence-electron chi connectivity index (χ2n) is 3.88. The number of nitrogens with one attached hydrogen (secondary N) is 1. The molecule has 2 heterocycles. The molecule has 0 spiro atoms. The molecule has 0 amide bonds. The number of rotatable bonds is 3. The number of aromatic amines is 1. The number of ether oxygens (including phenoxy) is 1. The molecule has 0 aliphatic carbocycles. The first kappa shape index (κ1) is 10.8. The van der Waals surface area contributed by atoms with Gasteiger partial charge in [0.15, 0.2) is 4.77 Å². The van der Waals surface area contributed by atoms with E-state index in [-0.39, 0.29) is 0 Å². The van der Waals surface area contributed by atoms with Crippen LogP contribution in [0.2, 0.25) is 0 Å². The monoisotopic (exact) mass is 227 g/mol. The minimum atomic E-state index is 0.328. The average molecular weight is 227 g/mol. The van der Waals surface area contributed by atoms with Crippen molar-refractivity contribution in [3.05, 3.63) is 10.6 Å². The van der Waals surface area contributed by atoms with Gasteiger partial charge in [-0.2, -0.15) is 5.10 Å². The third-order valence-electron chi connectivity index (χ3n) is 2.84. The van der Waals surface area contributed by atoms with Crippen LogP contribution in [0.4, 0.5) is 0 Å². The van der Waals surface area contributed by atoms with Crippen LogP contribution in [-0.2, 0) is 17.7 Å². The van der Waals surface area contributed by atoms with Crippen LogP contribution < -0.4 is 0 Å². The standard InChI is InChI=1S/C10H17N3OS/c1-2-13-9(11-12-10(13)15)7-8-5-3-4-6-14-8/h8H,2-7H2,1H3,(H,12,15). The summed E-state index contributed by atoms with van der Waals surface area (Å²) in [5.41, 5.74) is 0. The SMILES string of the molecule is CCn1c(CC2CCCCO2)n[nH]c1=S. The van der Waals surface area contributed by atoms with Gasteiger partial charge in [0.25, 0.3) is 0 Å². The fraction of sp³-hybridized carbons (Fsp3) is 0.800. The van der Waals surface area contributed by atoms with Crippen LogP contribution in [0.1, 0.15) is 32.0 Å². The van der Waals surface area contributed by atoms with Crippen LogP contribution in [-0.4, -0.2) is 27.5 Å². The Hall–Kier alpha value is -0.680. The van der Waals surface area contributed by atoms with Crippen LogP contribution in [0.5, 0.6) is 0 Å². The molecule has 1 atom stereocenters. The predicted octanol–water partition coefficient (Wildman–Crippen LogP) is 2.07. The Morgan fingerprint density at radius 2 is 2.47 bits per heavy atom. The lowest BCUT2D eigenvalue weighted by atomic mass is 10.1. The maximum Gasteiger partial charge on any atom is 0.195 e. The summed E-state index contributed by atoms with van der Waals surface area (Å²) in [6, 6.07) is 0. The molecule has 1 unspecified atom stereocenters. The summed E-state index contributed by atoms with van der Waals surface area (Å²) >= 11 is 5.14. The number of hydrogen-bond acceptors (Lipinski definition) is 3. The van der Waals surface area contributed by atoms with Gasteiger partial charge >= 0.3 is 0 Å². The molecule has 84 valence electrons. The molecule has 1 aliphatic rings. The van der Waals surface area contributed by atoms with E-state index in [9.17, 15) is 0 Å². The van der Waals surface area contributed by atoms with Crippen molar-refractivity contribution in [1.82, 2.24) is 14.8 Å². The summed E-state index contributed by atoms with van der Waals surface area (Å²) < 4.78 is 8.44. The lowest BCUT2D eigenvalue weighted by Crippen LogP contribution is -2.23. The molecule has 0 radical (unpaired) electrons. The van der Waals surface area contributed by atoms with E-state index in [0.29, 0.717) is 10.9 Å². The van der Waals surface area contributed by atoms with Crippen molar-refractivity contribution in [2.75, 3.05) is 6.61 Å². The third-order valence-corrected chi connectivity index (χ3v) is 3.15. The Morgan fingerprint density at radius 1 is 1.60 bits per heavy atom. The summed E-state index contributed by atoms with van der Waals surface area (Å²) in [5, 5.41) is 7.08. The molecule has 1 aliphatic heterocycles. The van der Waals surface area contributed by atoms with Gasteiger partial charge in [-0.3, -0.25) is 5.10 Å². The van der Waals surface area contributed by atoms with Crippen LogP contribution in [0.15, 0.2) is 0 Å². The highest BCUT2D eigenvalue weighted by molar-refractivity contribution is 7.71. The normalized spacial score (nSPS) is 21.8. The van der Waals surface area contributed by atoms with Crippen molar-refractivity contribution in [2.45, 2.75) is 45.3 Å². The summed E-state index contributed by atoms with van der Waals surface area (Å²) in [6.07, 6.45) is 4.80. The van der Waals surface area contributed by atoms with Crippen molar-refractivity contribution >= 4 is 12.2 Å². The first-order valence-electron chi connectivity index (χ1n) is 5.57. The van der Waals surface area contributed by atoms with Gasteiger partial charge in [0.05, 0.1) is 6.10 Å². The molecular weight excluding hydrogens is 210 g/mol. The quantitative estimate of drug-likeness (QED) is 0.804. The van der Waals surface area contributed by atoms with Crippen LogP contribution >= 0.6 is 12.2 Å². The van der Waals surface area contributed by atoms with Crippen molar-refractivity contribution < 1.29 is 4.74 Å². The van der Waals surface area contributed by atoms with Crippen molar-refractivity contribution in [2.24, 2.45) is 0 Å². The minimum Gasteiger partial charge on any atom is -0.378 e. The molecule has 1 saturated heterocycles. The van der Waals surface area contributed by atoms with E-state index in [2.05, 4.69) is 17.1 Å². The molecule has 0 saturated carbocycles. The van der Waals surface area contributed by atoms with E-state index in [1.165, 1.54) is 12.8 Å². The minimum absolute atomic E-state index is 0.328. The second-order valence-corrected chi connectivity index (χ2v) is 4.27. The topological polar surface area (TPSA) is 42.8 Å². The van der Waals surface area contributed by atoms with Crippen LogP contribution in [0.3, 0.4) is 0 Å². The van der Waals surface area contributed by atoms with E-state index in [1.54, 1.807) is 0 Å². The summed E-state index contributed by atoms with van der Waals surface area (Å²) in [6.45, 7) is 3.84. The molecule has 15 heavy (non-hydrogen) atoms. The maximum absolute atomic E-state index is 5.69. The van der Waals surface area contributed by atoms with Gasteiger partial charge in [-0.05, 0) is 38.4 Å². The van der Waals surface area contributed by atoms with Crippen LogP contribution in [0.25, 0.3) is 0 Å². The molecule has 1 fully saturated rings. The van der Waals surface area contributed by atoms with Gasteiger partial charge in [0, 0.05) is 19.6 Å². The first-order chi connectivity index (χ1) is 7.31. The van der Waals surface area contributed by atoms with Gasteiger partial charge in [0.1, 0.15) is 5.82 Å².